The summed E-state index contributed by atoms with van der Waals surface area (Å²) >= 11 is 3.48. The van der Waals surface area contributed by atoms with Gasteiger partial charge in [-0.15, -0.1) is 0 Å². The molecule has 0 heterocycles. The maximum atomic E-state index is 11.3. The summed E-state index contributed by atoms with van der Waals surface area (Å²) in [5.41, 5.74) is 0. The number of hydrogen-bond acceptors (Lipinski definition) is 2. The van der Waals surface area contributed by atoms with Crippen molar-refractivity contribution < 1.29 is 8.42 Å². The van der Waals surface area contributed by atoms with Gasteiger partial charge < -0.3 is 0 Å². The van der Waals surface area contributed by atoms with Crippen molar-refractivity contribution in [3.05, 3.63) is 0 Å². The van der Waals surface area contributed by atoms with Crippen LogP contribution in [-0.4, -0.2) is 25.0 Å². The number of halogens is 1. The fraction of sp³-hybridized carbons (Fsp3) is 1.00. The Morgan fingerprint density at radius 1 is 1.46 bits per heavy atom. The van der Waals surface area contributed by atoms with E-state index < -0.39 is 10.0 Å². The minimum atomic E-state index is -3.08. The summed E-state index contributed by atoms with van der Waals surface area (Å²) in [6.45, 7) is 3.89. The molecule has 1 N–H and O–H groups in total. The van der Waals surface area contributed by atoms with Gasteiger partial charge in [-0.1, -0.05) is 15.9 Å². The highest BCUT2D eigenvalue weighted by Crippen LogP contribution is 2.36. The lowest BCUT2D eigenvalue weighted by atomic mass is 10.3. The van der Waals surface area contributed by atoms with Crippen LogP contribution in [0.15, 0.2) is 0 Å². The largest absolute Gasteiger partial charge is 0.214 e. The highest BCUT2D eigenvalue weighted by molar-refractivity contribution is 9.09. The summed E-state index contributed by atoms with van der Waals surface area (Å²) < 4.78 is 25.3. The van der Waals surface area contributed by atoms with Gasteiger partial charge in [0.05, 0.1) is 5.25 Å². The molecule has 78 valence electrons. The Bertz CT molecular complexity index is 259. The van der Waals surface area contributed by atoms with Crippen molar-refractivity contribution in [2.24, 2.45) is 5.92 Å². The Hall–Kier alpha value is 0.390. The molecule has 0 aromatic heterocycles. The topological polar surface area (TPSA) is 46.2 Å². The summed E-state index contributed by atoms with van der Waals surface area (Å²) in [6.07, 6.45) is 2.44. The fourth-order valence-corrected chi connectivity index (χ4v) is 2.64. The zero-order chi connectivity index (χ0) is 10.1. The zero-order valence-corrected chi connectivity index (χ0v) is 10.4. The van der Waals surface area contributed by atoms with Crippen molar-refractivity contribution in [3.8, 4) is 0 Å². The smallest absolute Gasteiger partial charge is 0.213 e. The molecule has 1 fully saturated rings. The van der Waals surface area contributed by atoms with Crippen LogP contribution < -0.4 is 4.72 Å². The first-order valence-electron chi connectivity index (χ1n) is 4.56. The van der Waals surface area contributed by atoms with Crippen LogP contribution in [-0.2, 0) is 10.0 Å². The Morgan fingerprint density at radius 3 is 2.38 bits per heavy atom. The van der Waals surface area contributed by atoms with E-state index in [2.05, 4.69) is 20.7 Å². The highest BCUT2D eigenvalue weighted by Gasteiger charge is 2.30. The van der Waals surface area contributed by atoms with Gasteiger partial charge in [0.2, 0.25) is 10.0 Å². The number of rotatable bonds is 5. The van der Waals surface area contributed by atoms with Crippen LogP contribution in [0.2, 0.25) is 0 Å². The summed E-state index contributed by atoms with van der Waals surface area (Å²) in [7, 11) is -3.08. The third-order valence-electron chi connectivity index (χ3n) is 2.23. The Balaban J connectivity index is 2.32. The molecule has 1 saturated carbocycles. The lowest BCUT2D eigenvalue weighted by Crippen LogP contribution is -2.35. The van der Waals surface area contributed by atoms with Gasteiger partial charge in [-0.3, -0.25) is 0 Å². The first-order chi connectivity index (χ1) is 5.93. The van der Waals surface area contributed by atoms with Crippen molar-refractivity contribution >= 4 is 26.0 Å². The third kappa shape index (κ3) is 3.56. The quantitative estimate of drug-likeness (QED) is 0.769. The van der Waals surface area contributed by atoms with Gasteiger partial charge in [0.1, 0.15) is 0 Å². The van der Waals surface area contributed by atoms with Crippen LogP contribution in [0.3, 0.4) is 0 Å². The second-order valence-electron chi connectivity index (χ2n) is 3.80. The monoisotopic (exact) mass is 269 g/mol. The standard InChI is InChI=1S/C8H16BrNO2S/c1-6(2)13(11,12)10-5-8(9)7-3-4-7/h6-8,10H,3-5H2,1-2H3. The van der Waals surface area contributed by atoms with Gasteiger partial charge in [-0.05, 0) is 32.6 Å². The van der Waals surface area contributed by atoms with E-state index in [0.717, 1.165) is 0 Å². The summed E-state index contributed by atoms with van der Waals surface area (Å²) in [5, 5.41) is -0.341. The molecule has 0 bridgehead atoms. The van der Waals surface area contributed by atoms with E-state index in [0.29, 0.717) is 17.3 Å². The molecule has 0 aromatic rings. The molecule has 3 nitrogen and oxygen atoms in total. The minimum Gasteiger partial charge on any atom is -0.214 e. The lowest BCUT2D eigenvalue weighted by Gasteiger charge is -2.12. The van der Waals surface area contributed by atoms with Gasteiger partial charge in [0.15, 0.2) is 0 Å². The van der Waals surface area contributed by atoms with E-state index in [-0.39, 0.29) is 5.25 Å². The predicted molar refractivity (Wildman–Crippen MR) is 57.5 cm³/mol. The van der Waals surface area contributed by atoms with Gasteiger partial charge >= 0.3 is 0 Å². The Morgan fingerprint density at radius 2 is 2.00 bits per heavy atom. The molecule has 0 aliphatic heterocycles. The van der Waals surface area contributed by atoms with Crippen molar-refractivity contribution in [2.45, 2.75) is 36.8 Å². The molecule has 5 heteroatoms. The van der Waals surface area contributed by atoms with Crippen LogP contribution in [0.25, 0.3) is 0 Å². The minimum absolute atomic E-state index is 0.307. The molecule has 0 saturated heterocycles. The van der Waals surface area contributed by atoms with Crippen molar-refractivity contribution in [1.29, 1.82) is 0 Å². The average molecular weight is 270 g/mol. The first kappa shape index (κ1) is 11.5. The molecular weight excluding hydrogens is 254 g/mol. The maximum Gasteiger partial charge on any atom is 0.213 e. The van der Waals surface area contributed by atoms with Gasteiger partial charge in [0.25, 0.3) is 0 Å². The fourth-order valence-electron chi connectivity index (χ4n) is 0.987. The van der Waals surface area contributed by atoms with Crippen LogP contribution in [0.4, 0.5) is 0 Å². The second kappa shape index (κ2) is 4.28. The number of nitrogens with one attached hydrogen (secondary N) is 1. The molecule has 1 aliphatic carbocycles. The van der Waals surface area contributed by atoms with Gasteiger partial charge in [-0.2, -0.15) is 0 Å². The van der Waals surface area contributed by atoms with Crippen LogP contribution in [0, 0.1) is 5.92 Å². The second-order valence-corrected chi connectivity index (χ2v) is 7.29. The van der Waals surface area contributed by atoms with E-state index in [4.69, 9.17) is 0 Å². The molecule has 0 radical (unpaired) electrons. The van der Waals surface area contributed by atoms with Gasteiger partial charge in [-0.25, -0.2) is 13.1 Å². The number of sulfonamides is 1. The predicted octanol–water partition coefficient (Wildman–Crippen LogP) is 1.49. The highest BCUT2D eigenvalue weighted by atomic mass is 79.9. The molecule has 0 spiro atoms. The summed E-state index contributed by atoms with van der Waals surface area (Å²) in [4.78, 5) is 0.307. The molecule has 13 heavy (non-hydrogen) atoms. The van der Waals surface area contributed by atoms with Crippen LogP contribution >= 0.6 is 15.9 Å². The SMILES string of the molecule is CC(C)S(=O)(=O)NCC(Br)C1CC1. The van der Waals surface area contributed by atoms with E-state index in [9.17, 15) is 8.42 Å². The van der Waals surface area contributed by atoms with E-state index in [1.54, 1.807) is 13.8 Å². The molecule has 1 unspecified atom stereocenters. The number of hydrogen-bond donors (Lipinski definition) is 1. The molecule has 1 aliphatic rings. The summed E-state index contributed by atoms with van der Waals surface area (Å²) in [6, 6.07) is 0. The van der Waals surface area contributed by atoms with Crippen molar-refractivity contribution in [1.82, 2.24) is 4.72 Å². The molecular formula is C8H16BrNO2S. The Kier molecular flexibility index (Phi) is 3.77. The molecule has 1 atom stereocenters. The lowest BCUT2D eigenvalue weighted by molar-refractivity contribution is 0.569. The summed E-state index contributed by atoms with van der Waals surface area (Å²) in [5.74, 6) is 0.676. The zero-order valence-electron chi connectivity index (χ0n) is 7.96. The van der Waals surface area contributed by atoms with E-state index in [1.807, 2.05) is 0 Å². The van der Waals surface area contributed by atoms with Gasteiger partial charge in [0, 0.05) is 11.4 Å². The Labute approximate surface area is 88.5 Å². The van der Waals surface area contributed by atoms with E-state index >= 15 is 0 Å². The normalized spacial score (nSPS) is 20.6. The molecule has 0 aromatic carbocycles. The van der Waals surface area contributed by atoms with Crippen molar-refractivity contribution in [3.63, 3.8) is 0 Å². The first-order valence-corrected chi connectivity index (χ1v) is 7.02. The van der Waals surface area contributed by atoms with Crippen LogP contribution in [0.1, 0.15) is 26.7 Å². The third-order valence-corrected chi connectivity index (χ3v) is 5.12. The van der Waals surface area contributed by atoms with Crippen LogP contribution in [0.5, 0.6) is 0 Å². The molecule has 1 rings (SSSR count). The van der Waals surface area contributed by atoms with Crippen molar-refractivity contribution in [2.75, 3.05) is 6.54 Å². The maximum absolute atomic E-state index is 11.3. The molecule has 0 amide bonds. The average Bonchev–Trinajstić information content (AvgIpc) is 2.82. The van der Waals surface area contributed by atoms with E-state index in [1.165, 1.54) is 12.8 Å². The number of alkyl halides is 1.